The van der Waals surface area contributed by atoms with Crippen LogP contribution in [-0.2, 0) is 10.0 Å². The minimum absolute atomic E-state index is 0.0216. The Morgan fingerprint density at radius 2 is 1.61 bits per heavy atom. The normalized spacial score (nSPS) is 12.5. The van der Waals surface area contributed by atoms with E-state index >= 15 is 0 Å². The van der Waals surface area contributed by atoms with Crippen LogP contribution in [0.3, 0.4) is 0 Å². The maximum atomic E-state index is 12.4. The van der Waals surface area contributed by atoms with E-state index in [2.05, 4.69) is 9.38 Å². The lowest BCUT2D eigenvalue weighted by molar-refractivity contribution is -0.268. The summed E-state index contributed by atoms with van der Waals surface area (Å²) < 4.78 is 27.1. The summed E-state index contributed by atoms with van der Waals surface area (Å²) in [6.07, 6.45) is 0. The van der Waals surface area contributed by atoms with Crippen LogP contribution in [-0.4, -0.2) is 19.2 Å². The molecule has 0 aliphatic heterocycles. The highest BCUT2D eigenvalue weighted by Crippen LogP contribution is 2.26. The Kier molecular flexibility index (Phi) is 5.43. The molecule has 0 fully saturated rings. The number of nitrogens with zero attached hydrogens (tertiary/aromatic N) is 1. The van der Waals surface area contributed by atoms with E-state index in [1.807, 2.05) is 0 Å². The number of benzene rings is 1. The van der Waals surface area contributed by atoms with E-state index in [9.17, 15) is 8.42 Å². The number of sulfonamides is 1. The molecule has 1 aromatic heterocycles. The van der Waals surface area contributed by atoms with Gasteiger partial charge in [-0.1, -0.05) is 46.4 Å². The third-order valence-electron chi connectivity index (χ3n) is 2.82. The van der Waals surface area contributed by atoms with E-state index < -0.39 is 10.0 Å². The van der Waals surface area contributed by atoms with Crippen molar-refractivity contribution in [1.29, 1.82) is 0 Å². The van der Waals surface area contributed by atoms with E-state index in [1.165, 1.54) is 24.3 Å². The van der Waals surface area contributed by atoms with Gasteiger partial charge in [-0.25, -0.2) is 4.98 Å². The molecule has 1 aromatic carbocycles. The van der Waals surface area contributed by atoms with Gasteiger partial charge in [-0.2, -0.15) is 12.8 Å². The fourth-order valence-corrected chi connectivity index (χ4v) is 4.03. The first kappa shape index (κ1) is 18.3. The Bertz CT molecular complexity index is 893. The summed E-state index contributed by atoms with van der Waals surface area (Å²) in [5.74, 6) is -0.167. The first-order chi connectivity index (χ1) is 10.6. The molecule has 0 bridgehead atoms. The lowest BCUT2D eigenvalue weighted by Gasteiger charge is -2.05. The minimum atomic E-state index is -4.01. The van der Waals surface area contributed by atoms with Crippen LogP contribution in [0.15, 0.2) is 29.2 Å². The second-order valence-electron chi connectivity index (χ2n) is 4.55. The highest BCUT2D eigenvalue weighted by molar-refractivity contribution is 7.85. The molecule has 0 aliphatic rings. The van der Waals surface area contributed by atoms with Gasteiger partial charge >= 0.3 is 10.0 Å². The van der Waals surface area contributed by atoms with E-state index in [0.717, 1.165) is 0 Å². The maximum absolute atomic E-state index is 12.4. The maximum Gasteiger partial charge on any atom is 0.330 e. The number of halogens is 4. The molecule has 2 rings (SSSR count). The first-order valence-corrected chi connectivity index (χ1v) is 9.04. The van der Waals surface area contributed by atoms with E-state index in [0.29, 0.717) is 10.6 Å². The number of nitrogens with one attached hydrogen (secondary N) is 1. The molecule has 0 radical (unpaired) electrons. The molecular weight excluding hydrogens is 404 g/mol. The molecule has 0 unspecified atom stereocenters. The number of pyridine rings is 1. The van der Waals surface area contributed by atoms with Crippen molar-refractivity contribution in [3.8, 4) is 0 Å². The number of nitrogens with two attached hydrogens (primary N) is 1. The Morgan fingerprint density at radius 3 is 2.17 bits per heavy atom. The van der Waals surface area contributed by atoms with Gasteiger partial charge in [0.05, 0.1) is 10.6 Å². The lowest BCUT2D eigenvalue weighted by atomic mass is 10.2. The number of hydrogen-bond acceptors (Lipinski definition) is 3. The SMILES string of the molecule is Cc1cc(S(=O)(=O)[NH+]=C(N)c2cc(Cl)nc(Cl)c2)c(Cl)cc1Cl. The van der Waals surface area contributed by atoms with E-state index in [-0.39, 0.29) is 31.6 Å². The number of rotatable bonds is 3. The van der Waals surface area contributed by atoms with Gasteiger partial charge in [0.15, 0.2) is 0 Å². The van der Waals surface area contributed by atoms with Gasteiger partial charge in [-0.05, 0) is 36.8 Å². The average molecular weight is 414 g/mol. The third kappa shape index (κ3) is 4.28. The smallest absolute Gasteiger partial charge is 0.286 e. The molecule has 3 N–H and O–H groups in total. The van der Waals surface area contributed by atoms with Crippen molar-refractivity contribution in [2.75, 3.05) is 0 Å². The lowest BCUT2D eigenvalue weighted by Crippen LogP contribution is -2.78. The molecule has 5 nitrogen and oxygen atoms in total. The number of hydrogen-bond donors (Lipinski definition) is 2. The quantitative estimate of drug-likeness (QED) is 0.458. The Morgan fingerprint density at radius 1 is 1.04 bits per heavy atom. The van der Waals surface area contributed by atoms with Crippen LogP contribution in [0.4, 0.5) is 0 Å². The zero-order valence-electron chi connectivity index (χ0n) is 11.6. The predicted octanol–water partition coefficient (Wildman–Crippen LogP) is 2.18. The molecule has 0 spiro atoms. The topological polar surface area (TPSA) is 87.0 Å². The second-order valence-corrected chi connectivity index (χ2v) is 7.79. The van der Waals surface area contributed by atoms with Gasteiger partial charge in [0.1, 0.15) is 15.2 Å². The van der Waals surface area contributed by atoms with Crippen molar-refractivity contribution < 1.29 is 12.8 Å². The minimum Gasteiger partial charge on any atom is -0.286 e. The standard InChI is InChI=1S/C13H9Cl4N3O2S/c1-6-2-10(9(15)5-8(6)14)23(21,22)20-13(18)7-3-11(16)19-12(17)4-7/h2-5H,1H3,(H2,18,20)/p+1. The van der Waals surface area contributed by atoms with Crippen LogP contribution in [0.25, 0.3) is 0 Å². The zero-order chi connectivity index (χ0) is 17.4. The van der Waals surface area contributed by atoms with Gasteiger partial charge in [-0.3, -0.25) is 5.73 Å². The van der Waals surface area contributed by atoms with Gasteiger partial charge in [0.25, 0.3) is 5.84 Å². The Labute approximate surface area is 153 Å². The monoisotopic (exact) mass is 412 g/mol. The van der Waals surface area contributed by atoms with Gasteiger partial charge in [0, 0.05) is 5.02 Å². The largest absolute Gasteiger partial charge is 0.330 e. The summed E-state index contributed by atoms with van der Waals surface area (Å²) in [6.45, 7) is 1.66. The van der Waals surface area contributed by atoms with Crippen LogP contribution >= 0.6 is 46.4 Å². The Hall–Kier alpha value is -1.05. The van der Waals surface area contributed by atoms with Crippen LogP contribution < -0.4 is 10.1 Å². The Balaban J connectivity index is 2.54. The van der Waals surface area contributed by atoms with Crippen LogP contribution in [0.5, 0.6) is 0 Å². The molecule has 0 saturated carbocycles. The molecule has 0 amide bonds. The molecule has 0 atom stereocenters. The number of nitrogen functional groups attached to an aromatic ring is 1. The van der Waals surface area contributed by atoms with Crippen molar-refractivity contribution >= 4 is 62.3 Å². The molecule has 23 heavy (non-hydrogen) atoms. The molecule has 0 aliphatic carbocycles. The van der Waals surface area contributed by atoms with Crippen molar-refractivity contribution in [2.24, 2.45) is 5.73 Å². The second kappa shape index (κ2) is 6.83. The predicted molar refractivity (Wildman–Crippen MR) is 91.9 cm³/mol. The van der Waals surface area contributed by atoms with Gasteiger partial charge in [-0.15, -0.1) is 0 Å². The first-order valence-electron chi connectivity index (χ1n) is 6.04. The summed E-state index contributed by atoms with van der Waals surface area (Å²) in [5, 5.41) is 0.496. The number of amidine groups is 1. The molecule has 10 heteroatoms. The molecule has 1 heterocycles. The van der Waals surface area contributed by atoms with Crippen LogP contribution in [0.1, 0.15) is 11.1 Å². The fourth-order valence-electron chi connectivity index (χ4n) is 1.72. The summed E-state index contributed by atoms with van der Waals surface area (Å²) >= 11 is 23.4. The molecule has 0 saturated heterocycles. The summed E-state index contributed by atoms with van der Waals surface area (Å²) in [7, 11) is -4.01. The van der Waals surface area contributed by atoms with Crippen molar-refractivity contribution in [3.63, 3.8) is 0 Å². The third-order valence-corrected chi connectivity index (χ3v) is 5.45. The van der Waals surface area contributed by atoms with Crippen LogP contribution in [0.2, 0.25) is 20.4 Å². The highest BCUT2D eigenvalue weighted by Gasteiger charge is 2.22. The highest BCUT2D eigenvalue weighted by atomic mass is 35.5. The zero-order valence-corrected chi connectivity index (χ0v) is 15.4. The van der Waals surface area contributed by atoms with E-state index in [1.54, 1.807) is 6.92 Å². The number of aromatic nitrogens is 1. The summed E-state index contributed by atoms with van der Waals surface area (Å²) in [5.41, 5.74) is 6.62. The molecule has 122 valence electrons. The molecule has 2 aromatic rings. The fraction of sp³-hybridized carbons (Fsp3) is 0.0769. The van der Waals surface area contributed by atoms with Crippen molar-refractivity contribution in [3.05, 3.63) is 55.7 Å². The summed E-state index contributed by atoms with van der Waals surface area (Å²) in [6, 6.07) is 5.45. The van der Waals surface area contributed by atoms with Crippen LogP contribution in [0, 0.1) is 6.92 Å². The van der Waals surface area contributed by atoms with Gasteiger partial charge < -0.3 is 0 Å². The number of aryl methyl sites for hydroxylation is 1. The van der Waals surface area contributed by atoms with Crippen molar-refractivity contribution in [1.82, 2.24) is 4.98 Å². The van der Waals surface area contributed by atoms with Gasteiger partial charge in [0.2, 0.25) is 0 Å². The van der Waals surface area contributed by atoms with E-state index in [4.69, 9.17) is 52.1 Å². The van der Waals surface area contributed by atoms with Crippen molar-refractivity contribution in [2.45, 2.75) is 11.8 Å². The average Bonchev–Trinajstić information content (AvgIpc) is 2.41. The summed E-state index contributed by atoms with van der Waals surface area (Å²) in [4.78, 5) is 3.61. The molecular formula is C13H10Cl4N3O2S+.